The van der Waals surface area contributed by atoms with Gasteiger partial charge in [0.05, 0.1) is 30.3 Å². The van der Waals surface area contributed by atoms with E-state index in [0.717, 1.165) is 5.82 Å². The van der Waals surface area contributed by atoms with Gasteiger partial charge in [-0.15, -0.1) is 0 Å². The Bertz CT molecular complexity index is 739. The molecule has 0 amide bonds. The molecule has 1 unspecified atom stereocenters. The van der Waals surface area contributed by atoms with Crippen molar-refractivity contribution in [2.75, 3.05) is 24.6 Å². The summed E-state index contributed by atoms with van der Waals surface area (Å²) in [6, 6.07) is 10.7. The van der Waals surface area contributed by atoms with Crippen molar-refractivity contribution in [2.45, 2.75) is 6.10 Å². The van der Waals surface area contributed by atoms with Gasteiger partial charge in [0.1, 0.15) is 5.82 Å². The second-order valence-corrected chi connectivity index (χ2v) is 4.78. The van der Waals surface area contributed by atoms with E-state index in [1.807, 2.05) is 4.90 Å². The summed E-state index contributed by atoms with van der Waals surface area (Å²) in [5.74, 6) is -0.236. The van der Waals surface area contributed by atoms with Crippen molar-refractivity contribution in [1.82, 2.24) is 4.98 Å². The number of anilines is 1. The lowest BCUT2D eigenvalue weighted by atomic mass is 10.1. The molecule has 1 fully saturated rings. The summed E-state index contributed by atoms with van der Waals surface area (Å²) in [5.41, 5.74) is 0.871. The molecule has 0 spiro atoms. The number of nitrogens with zero attached hydrogens (tertiary/aromatic N) is 3. The molecule has 1 aliphatic rings. The molecule has 0 radical (unpaired) electrons. The average Bonchev–Trinajstić information content (AvgIpc) is 2.53. The Morgan fingerprint density at radius 3 is 3.05 bits per heavy atom. The highest BCUT2D eigenvalue weighted by Crippen LogP contribution is 2.22. The lowest BCUT2D eigenvalue weighted by molar-refractivity contribution is 0.0699. The van der Waals surface area contributed by atoms with Gasteiger partial charge in [0.25, 0.3) is 0 Å². The van der Waals surface area contributed by atoms with Crippen molar-refractivity contribution in [3.05, 3.63) is 35.9 Å². The highest BCUT2D eigenvalue weighted by Gasteiger charge is 2.21. The third kappa shape index (κ3) is 2.51. The summed E-state index contributed by atoms with van der Waals surface area (Å²) in [7, 11) is 0. The third-order valence-corrected chi connectivity index (χ3v) is 3.48. The maximum absolute atomic E-state index is 11.2. The molecular weight excluding hydrogens is 270 g/mol. The number of rotatable bonds is 2. The van der Waals surface area contributed by atoms with Gasteiger partial charge >= 0.3 is 5.97 Å². The molecule has 6 nitrogen and oxygen atoms in total. The Morgan fingerprint density at radius 1 is 1.43 bits per heavy atom. The molecule has 1 saturated heterocycles. The second kappa shape index (κ2) is 5.38. The number of carboxylic acids is 1. The van der Waals surface area contributed by atoms with Crippen LogP contribution in [0.2, 0.25) is 0 Å². The van der Waals surface area contributed by atoms with Gasteiger partial charge < -0.3 is 14.7 Å². The first-order chi connectivity index (χ1) is 10.2. The number of aromatic carboxylic acids is 1. The molecule has 1 N–H and O–H groups in total. The highest BCUT2D eigenvalue weighted by molar-refractivity contribution is 6.02. The van der Waals surface area contributed by atoms with E-state index in [1.54, 1.807) is 30.3 Å². The molecule has 0 aliphatic carbocycles. The lowest BCUT2D eigenvalue weighted by Crippen LogP contribution is -2.42. The largest absolute Gasteiger partial charge is 0.478 e. The van der Waals surface area contributed by atoms with Crippen LogP contribution in [0.5, 0.6) is 0 Å². The van der Waals surface area contributed by atoms with Crippen LogP contribution in [-0.2, 0) is 4.74 Å². The molecule has 2 heterocycles. The van der Waals surface area contributed by atoms with E-state index in [1.165, 1.54) is 0 Å². The maximum atomic E-state index is 11.2. The zero-order chi connectivity index (χ0) is 14.8. The highest BCUT2D eigenvalue weighted by atomic mass is 16.5. The van der Waals surface area contributed by atoms with Gasteiger partial charge in [0.15, 0.2) is 6.10 Å². The van der Waals surface area contributed by atoms with Crippen LogP contribution in [0.3, 0.4) is 0 Å². The lowest BCUT2D eigenvalue weighted by Gasteiger charge is -2.30. The molecule has 1 atom stereocenters. The Morgan fingerprint density at radius 2 is 2.29 bits per heavy atom. The fourth-order valence-electron chi connectivity index (χ4n) is 2.44. The van der Waals surface area contributed by atoms with Crippen LogP contribution < -0.4 is 4.90 Å². The van der Waals surface area contributed by atoms with Crippen LogP contribution >= 0.6 is 0 Å². The minimum atomic E-state index is -0.967. The first-order valence-corrected chi connectivity index (χ1v) is 6.58. The summed E-state index contributed by atoms with van der Waals surface area (Å²) < 4.78 is 5.31. The zero-order valence-corrected chi connectivity index (χ0v) is 11.2. The molecule has 106 valence electrons. The quantitative estimate of drug-likeness (QED) is 0.902. The number of aromatic nitrogens is 1. The van der Waals surface area contributed by atoms with Crippen molar-refractivity contribution in [3.8, 4) is 6.07 Å². The molecule has 2 aromatic rings. The van der Waals surface area contributed by atoms with Crippen molar-refractivity contribution in [1.29, 1.82) is 5.26 Å². The van der Waals surface area contributed by atoms with Gasteiger partial charge in [-0.3, -0.25) is 0 Å². The summed E-state index contributed by atoms with van der Waals surface area (Å²) in [6.45, 7) is 1.61. The Hall–Kier alpha value is -2.65. The first-order valence-electron chi connectivity index (χ1n) is 6.58. The van der Waals surface area contributed by atoms with Gasteiger partial charge in [-0.25, -0.2) is 9.78 Å². The van der Waals surface area contributed by atoms with Crippen LogP contribution in [0.25, 0.3) is 10.9 Å². The number of fused-ring (bicyclic) bond motifs is 1. The number of benzene rings is 1. The Balaban J connectivity index is 1.98. The third-order valence-electron chi connectivity index (χ3n) is 3.48. The molecule has 3 rings (SSSR count). The number of ether oxygens (including phenoxy) is 1. The number of hydrogen-bond acceptors (Lipinski definition) is 5. The number of pyridine rings is 1. The van der Waals surface area contributed by atoms with Gasteiger partial charge in [0, 0.05) is 11.9 Å². The SMILES string of the molecule is N#CC1CN(c2ccc3c(C(=O)O)cccc3n2)CCO1. The van der Waals surface area contributed by atoms with E-state index in [2.05, 4.69) is 11.1 Å². The molecule has 1 aromatic carbocycles. The predicted molar refractivity (Wildman–Crippen MR) is 76.3 cm³/mol. The summed E-state index contributed by atoms with van der Waals surface area (Å²) in [4.78, 5) is 17.7. The summed E-state index contributed by atoms with van der Waals surface area (Å²) in [6.07, 6.45) is -0.457. The van der Waals surface area contributed by atoms with Crippen molar-refractivity contribution in [3.63, 3.8) is 0 Å². The van der Waals surface area contributed by atoms with Crippen LogP contribution in [0.4, 0.5) is 5.82 Å². The number of carboxylic acid groups (broad SMARTS) is 1. The molecule has 0 bridgehead atoms. The van der Waals surface area contributed by atoms with Gasteiger partial charge in [-0.1, -0.05) is 6.07 Å². The van der Waals surface area contributed by atoms with Crippen LogP contribution in [0, 0.1) is 11.3 Å². The Labute approximate surface area is 121 Å². The average molecular weight is 283 g/mol. The van der Waals surface area contributed by atoms with Gasteiger partial charge in [-0.05, 0) is 24.3 Å². The predicted octanol–water partition coefficient (Wildman–Crippen LogP) is 1.66. The number of morpholine rings is 1. The van der Waals surface area contributed by atoms with E-state index < -0.39 is 12.1 Å². The zero-order valence-electron chi connectivity index (χ0n) is 11.2. The van der Waals surface area contributed by atoms with E-state index in [0.29, 0.717) is 30.6 Å². The number of nitriles is 1. The van der Waals surface area contributed by atoms with Crippen molar-refractivity contribution in [2.24, 2.45) is 0 Å². The van der Waals surface area contributed by atoms with Gasteiger partial charge in [-0.2, -0.15) is 5.26 Å². The molecular formula is C15H13N3O3. The van der Waals surface area contributed by atoms with Crippen molar-refractivity contribution >= 4 is 22.7 Å². The molecule has 6 heteroatoms. The first kappa shape index (κ1) is 13.3. The standard InChI is InChI=1S/C15H13N3O3/c16-8-10-9-18(6-7-21-10)14-5-4-11-12(15(19)20)2-1-3-13(11)17-14/h1-5,10H,6-7,9H2,(H,19,20). The number of hydrogen-bond donors (Lipinski definition) is 1. The summed E-state index contributed by atoms with van der Waals surface area (Å²) >= 11 is 0. The van der Waals surface area contributed by atoms with Gasteiger partial charge in [0.2, 0.25) is 0 Å². The minimum Gasteiger partial charge on any atom is -0.478 e. The van der Waals surface area contributed by atoms with Crippen LogP contribution in [0.1, 0.15) is 10.4 Å². The fourth-order valence-corrected chi connectivity index (χ4v) is 2.44. The normalized spacial score (nSPS) is 18.4. The molecule has 1 aromatic heterocycles. The van der Waals surface area contributed by atoms with E-state index in [-0.39, 0.29) is 5.56 Å². The minimum absolute atomic E-state index is 0.239. The topological polar surface area (TPSA) is 86.5 Å². The maximum Gasteiger partial charge on any atom is 0.336 e. The Kier molecular flexibility index (Phi) is 3.42. The molecule has 1 aliphatic heterocycles. The van der Waals surface area contributed by atoms with E-state index >= 15 is 0 Å². The monoisotopic (exact) mass is 283 g/mol. The van der Waals surface area contributed by atoms with Crippen molar-refractivity contribution < 1.29 is 14.6 Å². The molecule has 21 heavy (non-hydrogen) atoms. The molecule has 0 saturated carbocycles. The fraction of sp³-hybridized carbons (Fsp3) is 0.267. The number of carbonyl (C=O) groups is 1. The summed E-state index contributed by atoms with van der Waals surface area (Å²) in [5, 5.41) is 18.7. The van der Waals surface area contributed by atoms with E-state index in [9.17, 15) is 9.90 Å². The van der Waals surface area contributed by atoms with Crippen LogP contribution in [0.15, 0.2) is 30.3 Å². The van der Waals surface area contributed by atoms with Crippen LogP contribution in [-0.4, -0.2) is 41.9 Å². The van der Waals surface area contributed by atoms with E-state index in [4.69, 9.17) is 10.00 Å². The smallest absolute Gasteiger partial charge is 0.336 e. The second-order valence-electron chi connectivity index (χ2n) is 4.78.